The van der Waals surface area contributed by atoms with Crippen LogP contribution in [0.3, 0.4) is 0 Å². The highest BCUT2D eigenvalue weighted by molar-refractivity contribution is 5.76. The molecule has 3 fully saturated rings. The number of rotatable bonds is 7. The minimum Gasteiger partial charge on any atom is -0.479 e. The molecule has 0 spiro atoms. The smallest absolute Gasteiger partial charge is 0.335 e. The van der Waals surface area contributed by atoms with Gasteiger partial charge in [0, 0.05) is 7.11 Å². The molecule has 3 saturated carbocycles. The third-order valence-electron chi connectivity index (χ3n) is 6.55. The fourth-order valence-corrected chi connectivity index (χ4v) is 4.40. The first kappa shape index (κ1) is 18.4. The maximum atomic E-state index is 11.1. The molecule has 138 valence electrons. The maximum absolute atomic E-state index is 11.1. The molecule has 0 heterocycles. The molecule has 4 nitrogen and oxygen atoms in total. The summed E-state index contributed by atoms with van der Waals surface area (Å²) in [6.07, 6.45) is 7.90. The van der Waals surface area contributed by atoms with Crippen molar-refractivity contribution in [2.75, 3.05) is 13.7 Å². The lowest BCUT2D eigenvalue weighted by Gasteiger charge is -2.53. The van der Waals surface area contributed by atoms with Crippen molar-refractivity contribution in [3.05, 3.63) is 35.4 Å². The summed E-state index contributed by atoms with van der Waals surface area (Å²) >= 11 is 0. The SMILES string of the molecule is COC12CCC(c3ccc(CCOC(C)(C)C(=O)O)cc3)(CC1)CC2. The molecule has 3 aliphatic carbocycles. The molecule has 1 aromatic rings. The lowest BCUT2D eigenvalue weighted by atomic mass is 9.56. The van der Waals surface area contributed by atoms with Gasteiger partial charge in [-0.1, -0.05) is 24.3 Å². The van der Waals surface area contributed by atoms with Gasteiger partial charge < -0.3 is 14.6 Å². The Balaban J connectivity index is 1.59. The van der Waals surface area contributed by atoms with Crippen molar-refractivity contribution in [1.82, 2.24) is 0 Å². The number of carboxylic acid groups (broad SMARTS) is 1. The molecule has 0 unspecified atom stereocenters. The van der Waals surface area contributed by atoms with Crippen LogP contribution in [0.1, 0.15) is 63.5 Å². The second-order valence-electron chi connectivity index (χ2n) is 8.28. The van der Waals surface area contributed by atoms with E-state index in [-0.39, 0.29) is 5.60 Å². The van der Waals surface area contributed by atoms with Crippen LogP contribution in [0.5, 0.6) is 0 Å². The molecule has 0 aromatic heterocycles. The Morgan fingerprint density at radius 1 is 1.08 bits per heavy atom. The number of methoxy groups -OCH3 is 1. The van der Waals surface area contributed by atoms with Crippen LogP contribution in [0.2, 0.25) is 0 Å². The molecule has 1 aromatic carbocycles. The molecule has 4 rings (SSSR count). The minimum absolute atomic E-state index is 0.149. The predicted octanol–water partition coefficient (Wildman–Crippen LogP) is 4.10. The van der Waals surface area contributed by atoms with Crippen LogP contribution in [-0.4, -0.2) is 36.0 Å². The fourth-order valence-electron chi connectivity index (χ4n) is 4.40. The van der Waals surface area contributed by atoms with Gasteiger partial charge in [0.1, 0.15) is 0 Å². The molecule has 3 aliphatic rings. The predicted molar refractivity (Wildman–Crippen MR) is 96.9 cm³/mol. The van der Waals surface area contributed by atoms with Gasteiger partial charge in [-0.3, -0.25) is 0 Å². The van der Waals surface area contributed by atoms with E-state index in [4.69, 9.17) is 14.6 Å². The van der Waals surface area contributed by atoms with E-state index >= 15 is 0 Å². The van der Waals surface area contributed by atoms with Crippen LogP contribution >= 0.6 is 0 Å². The van der Waals surface area contributed by atoms with Gasteiger partial charge in [-0.15, -0.1) is 0 Å². The number of hydrogen-bond donors (Lipinski definition) is 1. The quantitative estimate of drug-likeness (QED) is 0.807. The van der Waals surface area contributed by atoms with Crippen molar-refractivity contribution >= 4 is 5.97 Å². The summed E-state index contributed by atoms with van der Waals surface area (Å²) in [6, 6.07) is 8.88. The molecule has 0 radical (unpaired) electrons. The highest BCUT2D eigenvalue weighted by Crippen LogP contribution is 2.54. The topological polar surface area (TPSA) is 55.8 Å². The number of aliphatic carboxylic acids is 1. The summed E-state index contributed by atoms with van der Waals surface area (Å²) < 4.78 is 11.3. The molecular weight excluding hydrogens is 316 g/mol. The van der Waals surface area contributed by atoms with E-state index in [1.54, 1.807) is 13.8 Å². The standard InChI is InChI=1S/C21H30O4/c1-19(2,18(22)23)25-15-8-16-4-6-17(7-5-16)20-9-12-21(24-3,13-10-20)14-11-20/h4-7H,8-15H2,1-3H3,(H,22,23). The second kappa shape index (κ2) is 6.73. The summed E-state index contributed by atoms with van der Waals surface area (Å²) in [4.78, 5) is 11.1. The zero-order valence-corrected chi connectivity index (χ0v) is 15.6. The molecule has 2 bridgehead atoms. The third-order valence-corrected chi connectivity index (χ3v) is 6.55. The lowest BCUT2D eigenvalue weighted by molar-refractivity contribution is -0.161. The van der Waals surface area contributed by atoms with Crippen LogP contribution in [-0.2, 0) is 26.1 Å². The van der Waals surface area contributed by atoms with Gasteiger partial charge in [-0.2, -0.15) is 0 Å². The van der Waals surface area contributed by atoms with Gasteiger partial charge in [-0.25, -0.2) is 4.79 Å². The van der Waals surface area contributed by atoms with E-state index < -0.39 is 11.6 Å². The van der Waals surface area contributed by atoms with Gasteiger partial charge in [0.15, 0.2) is 5.60 Å². The fraction of sp³-hybridized carbons (Fsp3) is 0.667. The highest BCUT2D eigenvalue weighted by Gasteiger charge is 2.49. The average molecular weight is 346 g/mol. The Bertz CT molecular complexity index is 593. The largest absolute Gasteiger partial charge is 0.479 e. The van der Waals surface area contributed by atoms with Crippen molar-refractivity contribution in [2.45, 2.75) is 75.4 Å². The first-order valence-corrected chi connectivity index (χ1v) is 9.33. The third kappa shape index (κ3) is 3.61. The number of hydrogen-bond acceptors (Lipinski definition) is 3. The van der Waals surface area contributed by atoms with Crippen molar-refractivity contribution in [2.24, 2.45) is 0 Å². The summed E-state index contributed by atoms with van der Waals surface area (Å²) in [5.74, 6) is -0.927. The number of fused-ring (bicyclic) bond motifs is 3. The molecule has 1 N–H and O–H groups in total. The number of carboxylic acids is 1. The van der Waals surface area contributed by atoms with Crippen LogP contribution < -0.4 is 0 Å². The average Bonchev–Trinajstić information content (AvgIpc) is 2.63. The van der Waals surface area contributed by atoms with Crippen molar-refractivity contribution < 1.29 is 19.4 Å². The van der Waals surface area contributed by atoms with Gasteiger partial charge in [0.2, 0.25) is 0 Å². The van der Waals surface area contributed by atoms with Gasteiger partial charge in [-0.05, 0) is 75.3 Å². The van der Waals surface area contributed by atoms with Gasteiger partial charge in [0.25, 0.3) is 0 Å². The number of ether oxygens (including phenoxy) is 2. The zero-order valence-electron chi connectivity index (χ0n) is 15.6. The first-order valence-electron chi connectivity index (χ1n) is 9.33. The second-order valence-corrected chi connectivity index (χ2v) is 8.28. The monoisotopic (exact) mass is 346 g/mol. The number of carbonyl (C=O) groups is 1. The van der Waals surface area contributed by atoms with E-state index in [1.807, 2.05) is 7.11 Å². The summed E-state index contributed by atoms with van der Waals surface area (Å²) in [5, 5.41) is 9.08. The Hall–Kier alpha value is -1.39. The summed E-state index contributed by atoms with van der Waals surface area (Å²) in [5.41, 5.74) is 2.00. The molecule has 0 saturated heterocycles. The minimum atomic E-state index is -1.13. The molecule has 4 heteroatoms. The molecular formula is C21H30O4. The van der Waals surface area contributed by atoms with Gasteiger partial charge >= 0.3 is 5.97 Å². The highest BCUT2D eigenvalue weighted by atomic mass is 16.5. The molecule has 25 heavy (non-hydrogen) atoms. The van der Waals surface area contributed by atoms with E-state index in [2.05, 4.69) is 24.3 Å². The number of benzene rings is 1. The first-order chi connectivity index (χ1) is 11.8. The Kier molecular flexibility index (Phi) is 4.95. The van der Waals surface area contributed by atoms with Crippen molar-refractivity contribution in [3.8, 4) is 0 Å². The van der Waals surface area contributed by atoms with Crippen LogP contribution in [0.4, 0.5) is 0 Å². The lowest BCUT2D eigenvalue weighted by Crippen LogP contribution is -2.49. The molecule has 0 aliphatic heterocycles. The van der Waals surface area contributed by atoms with E-state index in [9.17, 15) is 4.79 Å². The normalized spacial score (nSPS) is 28.9. The Labute approximate surface area is 150 Å². The van der Waals surface area contributed by atoms with Crippen LogP contribution in [0.25, 0.3) is 0 Å². The molecule has 0 amide bonds. The van der Waals surface area contributed by atoms with E-state index in [0.29, 0.717) is 12.0 Å². The van der Waals surface area contributed by atoms with Crippen molar-refractivity contribution in [1.29, 1.82) is 0 Å². The van der Waals surface area contributed by atoms with E-state index in [1.165, 1.54) is 49.7 Å². The van der Waals surface area contributed by atoms with Crippen molar-refractivity contribution in [3.63, 3.8) is 0 Å². The molecule has 0 atom stereocenters. The Morgan fingerprint density at radius 2 is 1.64 bits per heavy atom. The summed E-state index contributed by atoms with van der Waals surface area (Å²) in [6.45, 7) is 3.59. The maximum Gasteiger partial charge on any atom is 0.335 e. The Morgan fingerprint density at radius 3 is 2.12 bits per heavy atom. The van der Waals surface area contributed by atoms with Gasteiger partial charge in [0.05, 0.1) is 12.2 Å². The van der Waals surface area contributed by atoms with Crippen LogP contribution in [0, 0.1) is 0 Å². The zero-order chi connectivity index (χ0) is 18.1. The van der Waals surface area contributed by atoms with E-state index in [0.717, 1.165) is 6.42 Å². The van der Waals surface area contributed by atoms with Crippen LogP contribution in [0.15, 0.2) is 24.3 Å². The summed E-state index contributed by atoms with van der Waals surface area (Å²) in [7, 11) is 1.86.